The van der Waals surface area contributed by atoms with Crippen molar-refractivity contribution in [2.45, 2.75) is 45.9 Å². The van der Waals surface area contributed by atoms with E-state index < -0.39 is 6.10 Å². The lowest BCUT2D eigenvalue weighted by atomic mass is 10.0. The van der Waals surface area contributed by atoms with Crippen molar-refractivity contribution in [3.05, 3.63) is 29.3 Å². The van der Waals surface area contributed by atoms with E-state index >= 15 is 0 Å². The van der Waals surface area contributed by atoms with Gasteiger partial charge < -0.3 is 14.6 Å². The summed E-state index contributed by atoms with van der Waals surface area (Å²) < 4.78 is 11.3. The molecule has 2 unspecified atom stereocenters. The van der Waals surface area contributed by atoms with Gasteiger partial charge in [-0.1, -0.05) is 13.0 Å². The Hall–Kier alpha value is -1.10. The summed E-state index contributed by atoms with van der Waals surface area (Å²) in [4.78, 5) is 2.45. The molecule has 1 aromatic carbocycles. The lowest BCUT2D eigenvalue weighted by molar-refractivity contribution is -0.0130. The van der Waals surface area contributed by atoms with Crippen LogP contribution in [0.5, 0.6) is 5.75 Å². The SMILES string of the molecule is CCOc1ccc(C(C)O)cc1CN1CCOCC1CC. The van der Waals surface area contributed by atoms with Gasteiger partial charge >= 0.3 is 0 Å². The van der Waals surface area contributed by atoms with Gasteiger partial charge in [0, 0.05) is 24.7 Å². The van der Waals surface area contributed by atoms with Crippen LogP contribution < -0.4 is 4.74 Å². The molecule has 0 saturated carbocycles. The van der Waals surface area contributed by atoms with E-state index in [1.807, 2.05) is 19.1 Å². The maximum Gasteiger partial charge on any atom is 0.123 e. The Labute approximate surface area is 127 Å². The molecular formula is C17H27NO3. The number of ether oxygens (including phenoxy) is 2. The number of aliphatic hydroxyl groups is 1. The Balaban J connectivity index is 2.20. The molecule has 0 spiro atoms. The van der Waals surface area contributed by atoms with Crippen molar-refractivity contribution < 1.29 is 14.6 Å². The van der Waals surface area contributed by atoms with Crippen LogP contribution in [0.15, 0.2) is 18.2 Å². The number of aliphatic hydroxyl groups excluding tert-OH is 1. The minimum atomic E-state index is -0.453. The van der Waals surface area contributed by atoms with Gasteiger partial charge in [-0.05, 0) is 38.0 Å². The maximum atomic E-state index is 9.80. The quantitative estimate of drug-likeness (QED) is 0.875. The first-order valence-electron chi connectivity index (χ1n) is 7.91. The molecule has 4 heteroatoms. The number of rotatable bonds is 6. The van der Waals surface area contributed by atoms with E-state index in [4.69, 9.17) is 9.47 Å². The molecule has 0 bridgehead atoms. The predicted octanol–water partition coefficient (Wildman–Crippen LogP) is 2.75. The van der Waals surface area contributed by atoms with Crippen LogP contribution in [0.3, 0.4) is 0 Å². The summed E-state index contributed by atoms with van der Waals surface area (Å²) in [5.74, 6) is 0.920. The first kappa shape index (κ1) is 16.3. The Morgan fingerprint density at radius 3 is 2.90 bits per heavy atom. The third kappa shape index (κ3) is 4.19. The van der Waals surface area contributed by atoms with Crippen molar-refractivity contribution in [1.82, 2.24) is 4.90 Å². The highest BCUT2D eigenvalue weighted by molar-refractivity contribution is 5.38. The van der Waals surface area contributed by atoms with Crippen LogP contribution in [0.4, 0.5) is 0 Å². The van der Waals surface area contributed by atoms with E-state index in [0.29, 0.717) is 12.6 Å². The van der Waals surface area contributed by atoms with Crippen molar-refractivity contribution >= 4 is 0 Å². The Bertz CT molecular complexity index is 448. The van der Waals surface area contributed by atoms with Gasteiger partial charge in [-0.3, -0.25) is 4.90 Å². The highest BCUT2D eigenvalue weighted by Crippen LogP contribution is 2.26. The number of nitrogens with zero attached hydrogens (tertiary/aromatic N) is 1. The fraction of sp³-hybridized carbons (Fsp3) is 0.647. The van der Waals surface area contributed by atoms with Gasteiger partial charge in [0.1, 0.15) is 5.75 Å². The first-order chi connectivity index (χ1) is 10.2. The third-order valence-corrected chi connectivity index (χ3v) is 4.06. The highest BCUT2D eigenvalue weighted by Gasteiger charge is 2.22. The van der Waals surface area contributed by atoms with Crippen LogP contribution >= 0.6 is 0 Å². The zero-order valence-corrected chi connectivity index (χ0v) is 13.3. The molecule has 1 aliphatic heterocycles. The van der Waals surface area contributed by atoms with E-state index in [2.05, 4.69) is 17.9 Å². The van der Waals surface area contributed by atoms with Gasteiger partial charge in [-0.2, -0.15) is 0 Å². The summed E-state index contributed by atoms with van der Waals surface area (Å²) >= 11 is 0. The van der Waals surface area contributed by atoms with Gasteiger partial charge in [0.05, 0.1) is 25.9 Å². The van der Waals surface area contributed by atoms with Crippen molar-refractivity contribution in [3.8, 4) is 5.75 Å². The summed E-state index contributed by atoms with van der Waals surface area (Å²) in [5, 5.41) is 9.80. The minimum absolute atomic E-state index is 0.453. The van der Waals surface area contributed by atoms with Crippen LogP contribution in [-0.4, -0.2) is 42.4 Å². The summed E-state index contributed by atoms with van der Waals surface area (Å²) in [6.45, 7) is 10.0. The third-order valence-electron chi connectivity index (χ3n) is 4.06. The van der Waals surface area contributed by atoms with Gasteiger partial charge in [0.2, 0.25) is 0 Å². The Morgan fingerprint density at radius 2 is 2.24 bits per heavy atom. The summed E-state index contributed by atoms with van der Waals surface area (Å²) in [6, 6.07) is 6.44. The topological polar surface area (TPSA) is 41.9 Å². The monoisotopic (exact) mass is 293 g/mol. The molecule has 1 saturated heterocycles. The van der Waals surface area contributed by atoms with Gasteiger partial charge in [-0.15, -0.1) is 0 Å². The lowest BCUT2D eigenvalue weighted by Crippen LogP contribution is -2.44. The van der Waals surface area contributed by atoms with Crippen LogP contribution in [-0.2, 0) is 11.3 Å². The molecule has 2 atom stereocenters. The predicted molar refractivity (Wildman–Crippen MR) is 83.6 cm³/mol. The number of morpholine rings is 1. The normalized spacial score (nSPS) is 21.2. The van der Waals surface area contributed by atoms with Gasteiger partial charge in [-0.25, -0.2) is 0 Å². The zero-order valence-electron chi connectivity index (χ0n) is 13.3. The second kappa shape index (κ2) is 7.78. The van der Waals surface area contributed by atoms with E-state index in [0.717, 1.165) is 49.6 Å². The molecule has 118 valence electrons. The number of hydrogen-bond donors (Lipinski definition) is 1. The van der Waals surface area contributed by atoms with E-state index in [1.54, 1.807) is 6.92 Å². The van der Waals surface area contributed by atoms with Crippen LogP contribution in [0.2, 0.25) is 0 Å². The zero-order chi connectivity index (χ0) is 15.2. The van der Waals surface area contributed by atoms with Crippen molar-refractivity contribution in [1.29, 1.82) is 0 Å². The molecule has 4 nitrogen and oxygen atoms in total. The molecule has 0 radical (unpaired) electrons. The lowest BCUT2D eigenvalue weighted by Gasteiger charge is -2.35. The van der Waals surface area contributed by atoms with Crippen molar-refractivity contribution in [2.75, 3.05) is 26.4 Å². The van der Waals surface area contributed by atoms with Gasteiger partial charge in [0.15, 0.2) is 0 Å². The molecule has 0 amide bonds. The number of hydrogen-bond acceptors (Lipinski definition) is 4. The Morgan fingerprint density at radius 1 is 1.43 bits per heavy atom. The van der Waals surface area contributed by atoms with E-state index in [9.17, 15) is 5.11 Å². The molecule has 21 heavy (non-hydrogen) atoms. The molecule has 1 heterocycles. The highest BCUT2D eigenvalue weighted by atomic mass is 16.5. The maximum absolute atomic E-state index is 9.80. The summed E-state index contributed by atoms with van der Waals surface area (Å²) in [6.07, 6.45) is 0.631. The standard InChI is InChI=1S/C17H27NO3/c1-4-16-12-20-9-8-18(16)11-15-10-14(13(3)19)6-7-17(15)21-5-2/h6-7,10,13,16,19H,4-5,8-9,11-12H2,1-3H3. The molecule has 1 aliphatic rings. The largest absolute Gasteiger partial charge is 0.494 e. The summed E-state index contributed by atoms with van der Waals surface area (Å²) in [7, 11) is 0. The van der Waals surface area contributed by atoms with Gasteiger partial charge in [0.25, 0.3) is 0 Å². The summed E-state index contributed by atoms with van der Waals surface area (Å²) in [5.41, 5.74) is 2.09. The van der Waals surface area contributed by atoms with Crippen LogP contribution in [0, 0.1) is 0 Å². The van der Waals surface area contributed by atoms with Crippen LogP contribution in [0.25, 0.3) is 0 Å². The molecule has 1 aromatic rings. The smallest absolute Gasteiger partial charge is 0.123 e. The molecule has 0 aliphatic carbocycles. The molecule has 0 aromatic heterocycles. The average Bonchev–Trinajstić information content (AvgIpc) is 2.49. The van der Waals surface area contributed by atoms with E-state index in [-0.39, 0.29) is 0 Å². The first-order valence-corrected chi connectivity index (χ1v) is 7.91. The average molecular weight is 293 g/mol. The molecule has 1 N–H and O–H groups in total. The fourth-order valence-corrected chi connectivity index (χ4v) is 2.77. The Kier molecular flexibility index (Phi) is 6.03. The van der Waals surface area contributed by atoms with Crippen LogP contribution in [0.1, 0.15) is 44.4 Å². The second-order valence-electron chi connectivity index (χ2n) is 5.58. The van der Waals surface area contributed by atoms with E-state index in [1.165, 1.54) is 0 Å². The molecule has 2 rings (SSSR count). The number of benzene rings is 1. The van der Waals surface area contributed by atoms with Crippen molar-refractivity contribution in [2.24, 2.45) is 0 Å². The molecular weight excluding hydrogens is 266 g/mol. The minimum Gasteiger partial charge on any atom is -0.494 e. The second-order valence-corrected chi connectivity index (χ2v) is 5.58. The molecule has 1 fully saturated rings. The van der Waals surface area contributed by atoms with Crippen molar-refractivity contribution in [3.63, 3.8) is 0 Å². The fourth-order valence-electron chi connectivity index (χ4n) is 2.77.